The molecule has 1 fully saturated rings. The molecule has 0 aliphatic carbocycles. The molecule has 0 atom stereocenters. The van der Waals surface area contributed by atoms with Crippen molar-refractivity contribution < 1.29 is 18.3 Å². The van der Waals surface area contributed by atoms with Crippen molar-refractivity contribution in [3.63, 3.8) is 0 Å². The van der Waals surface area contributed by atoms with E-state index < -0.39 is 11.6 Å². The molecular weight excluding hydrogens is 516 g/mol. The number of carbonyl (C=O) groups is 1. The van der Waals surface area contributed by atoms with Crippen molar-refractivity contribution in [2.24, 2.45) is 0 Å². The summed E-state index contributed by atoms with van der Waals surface area (Å²) in [7, 11) is 1.66. The number of methoxy groups -OCH3 is 1. The largest absolute Gasteiger partial charge is 0.383 e. The van der Waals surface area contributed by atoms with Gasteiger partial charge in [-0.25, -0.2) is 18.7 Å². The third-order valence-electron chi connectivity index (χ3n) is 6.75. The van der Waals surface area contributed by atoms with Gasteiger partial charge in [-0.2, -0.15) is 0 Å². The summed E-state index contributed by atoms with van der Waals surface area (Å²) in [4.78, 5) is 28.9. The first kappa shape index (κ1) is 27.1. The molecule has 0 saturated carbocycles. The summed E-state index contributed by atoms with van der Waals surface area (Å²) in [5.41, 5.74) is 2.69. The van der Waals surface area contributed by atoms with Crippen LogP contribution in [0.4, 0.5) is 31.8 Å². The quantitative estimate of drug-likeness (QED) is 0.295. The van der Waals surface area contributed by atoms with Crippen LogP contribution in [0.5, 0.6) is 0 Å². The Balaban J connectivity index is 1.38. The minimum Gasteiger partial charge on any atom is -0.383 e. The first-order chi connectivity index (χ1) is 19.5. The van der Waals surface area contributed by atoms with E-state index in [4.69, 9.17) is 4.74 Å². The molecule has 0 bridgehead atoms. The van der Waals surface area contributed by atoms with Gasteiger partial charge in [-0.1, -0.05) is 24.8 Å². The maximum Gasteiger partial charge on any atom is 0.247 e. The summed E-state index contributed by atoms with van der Waals surface area (Å²) >= 11 is 0. The molecule has 1 aliphatic rings. The molecule has 2 aromatic heterocycles. The van der Waals surface area contributed by atoms with E-state index in [1.165, 1.54) is 18.3 Å². The van der Waals surface area contributed by atoms with Crippen LogP contribution in [0.2, 0.25) is 0 Å². The first-order valence-corrected chi connectivity index (χ1v) is 12.8. The fourth-order valence-corrected chi connectivity index (χ4v) is 4.63. The van der Waals surface area contributed by atoms with Crippen LogP contribution in [0.3, 0.4) is 0 Å². The van der Waals surface area contributed by atoms with Crippen molar-refractivity contribution in [3.05, 3.63) is 79.3 Å². The Morgan fingerprint density at radius 1 is 1.10 bits per heavy atom. The van der Waals surface area contributed by atoms with Crippen molar-refractivity contribution in [2.75, 3.05) is 62.0 Å². The van der Waals surface area contributed by atoms with Crippen LogP contribution in [0.1, 0.15) is 0 Å². The van der Waals surface area contributed by atoms with Crippen molar-refractivity contribution in [1.29, 1.82) is 0 Å². The second kappa shape index (κ2) is 12.1. The SMILES string of the molecule is C=CC(=O)Nc1cncc(-c2cccc3cnc(Nc4ccc(N5CCN(CCOC)CC5)c(F)c4F)nc23)c1. The molecule has 1 amide bonds. The van der Waals surface area contributed by atoms with E-state index >= 15 is 8.78 Å². The molecule has 11 heteroatoms. The predicted molar refractivity (Wildman–Crippen MR) is 152 cm³/mol. The number of amides is 1. The Kier molecular flexibility index (Phi) is 8.23. The van der Waals surface area contributed by atoms with Crippen molar-refractivity contribution in [3.8, 4) is 11.1 Å². The van der Waals surface area contributed by atoms with Gasteiger partial charge in [0, 0.05) is 68.7 Å². The molecule has 3 heterocycles. The molecule has 1 aliphatic heterocycles. The number of carbonyl (C=O) groups excluding carboxylic acids is 1. The number of nitrogens with one attached hydrogen (secondary N) is 2. The van der Waals surface area contributed by atoms with Crippen molar-refractivity contribution in [2.45, 2.75) is 0 Å². The summed E-state index contributed by atoms with van der Waals surface area (Å²) in [5.74, 6) is -2.15. The second-order valence-corrected chi connectivity index (χ2v) is 9.30. The highest BCUT2D eigenvalue weighted by atomic mass is 19.2. The minimum absolute atomic E-state index is 0.0624. The lowest BCUT2D eigenvalue weighted by Gasteiger charge is -2.36. The summed E-state index contributed by atoms with van der Waals surface area (Å²) < 4.78 is 35.5. The Hall–Kier alpha value is -4.48. The molecule has 2 N–H and O–H groups in total. The number of rotatable bonds is 9. The van der Waals surface area contributed by atoms with Gasteiger partial charge in [0.05, 0.1) is 35.4 Å². The van der Waals surface area contributed by atoms with Crippen LogP contribution >= 0.6 is 0 Å². The van der Waals surface area contributed by atoms with Gasteiger partial charge < -0.3 is 20.3 Å². The molecule has 1 saturated heterocycles. The topological polar surface area (TPSA) is 95.5 Å². The Labute approximate surface area is 230 Å². The van der Waals surface area contributed by atoms with Crippen LogP contribution < -0.4 is 15.5 Å². The highest BCUT2D eigenvalue weighted by molar-refractivity contribution is 6.00. The number of anilines is 4. The van der Waals surface area contributed by atoms with Crippen molar-refractivity contribution in [1.82, 2.24) is 19.9 Å². The lowest BCUT2D eigenvalue weighted by atomic mass is 10.0. The molecule has 40 heavy (non-hydrogen) atoms. The second-order valence-electron chi connectivity index (χ2n) is 9.30. The fraction of sp³-hybridized carbons (Fsp3) is 0.241. The van der Waals surface area contributed by atoms with E-state index in [2.05, 4.69) is 37.1 Å². The average Bonchev–Trinajstić information content (AvgIpc) is 2.98. The zero-order chi connectivity index (χ0) is 28.1. The van der Waals surface area contributed by atoms with Gasteiger partial charge in [0.1, 0.15) is 0 Å². The molecular formula is C29H29F2N7O2. The zero-order valence-electron chi connectivity index (χ0n) is 22.0. The van der Waals surface area contributed by atoms with E-state index in [9.17, 15) is 4.79 Å². The van der Waals surface area contributed by atoms with Crippen LogP contribution in [0.15, 0.2) is 67.6 Å². The van der Waals surface area contributed by atoms with Crippen LogP contribution in [0.25, 0.3) is 22.0 Å². The van der Waals surface area contributed by atoms with E-state index in [1.54, 1.807) is 31.6 Å². The molecule has 0 radical (unpaired) electrons. The van der Waals surface area contributed by atoms with Gasteiger partial charge in [0.2, 0.25) is 11.9 Å². The summed E-state index contributed by atoms with van der Waals surface area (Å²) in [5, 5.41) is 6.26. The Bertz CT molecular complexity index is 1540. The summed E-state index contributed by atoms with van der Waals surface area (Å²) in [6, 6.07) is 10.4. The number of para-hydroxylation sites is 1. The lowest BCUT2D eigenvalue weighted by Crippen LogP contribution is -2.47. The Morgan fingerprint density at radius 2 is 1.93 bits per heavy atom. The molecule has 206 valence electrons. The molecule has 0 unspecified atom stereocenters. The number of benzene rings is 2. The average molecular weight is 546 g/mol. The highest BCUT2D eigenvalue weighted by Crippen LogP contribution is 2.31. The third kappa shape index (κ3) is 5.90. The van der Waals surface area contributed by atoms with Gasteiger partial charge in [0.15, 0.2) is 11.6 Å². The molecule has 4 aromatic rings. The normalized spacial score (nSPS) is 13.8. The first-order valence-electron chi connectivity index (χ1n) is 12.8. The minimum atomic E-state index is -0.994. The molecule has 2 aromatic carbocycles. The number of nitrogens with zero attached hydrogens (tertiary/aromatic N) is 5. The van der Waals surface area contributed by atoms with Crippen LogP contribution in [-0.4, -0.2) is 72.2 Å². The summed E-state index contributed by atoms with van der Waals surface area (Å²) in [6.45, 7) is 7.59. The summed E-state index contributed by atoms with van der Waals surface area (Å²) in [6.07, 6.45) is 5.96. The van der Waals surface area contributed by atoms with Crippen molar-refractivity contribution >= 4 is 39.8 Å². The van der Waals surface area contributed by atoms with Gasteiger partial charge in [-0.15, -0.1) is 0 Å². The van der Waals surface area contributed by atoms with E-state index in [-0.39, 0.29) is 23.2 Å². The molecule has 9 nitrogen and oxygen atoms in total. The van der Waals surface area contributed by atoms with Gasteiger partial charge >= 0.3 is 0 Å². The zero-order valence-corrected chi connectivity index (χ0v) is 22.0. The number of hydrogen-bond acceptors (Lipinski definition) is 8. The lowest BCUT2D eigenvalue weighted by molar-refractivity contribution is -0.111. The third-order valence-corrected chi connectivity index (χ3v) is 6.75. The van der Waals surface area contributed by atoms with Gasteiger partial charge in [-0.05, 0) is 24.3 Å². The van der Waals surface area contributed by atoms with Gasteiger partial charge in [-0.3, -0.25) is 14.7 Å². The number of ether oxygens (including phenoxy) is 1. The number of halogens is 2. The predicted octanol–water partition coefficient (Wildman–Crippen LogP) is 4.61. The standard InChI is InChI=1S/C29H29F2N7O2/c1-3-25(39)34-21-15-20(16-32-18-21)22-6-4-5-19-17-33-29(36-28(19)22)35-23-7-8-24(27(31)26(23)30)38-11-9-37(10-12-38)13-14-40-2/h3-8,15-18H,1,9-14H2,2H3,(H,34,39)(H,33,35,36). The van der Waals surface area contributed by atoms with E-state index in [1.807, 2.05) is 23.1 Å². The number of piperazine rings is 1. The smallest absolute Gasteiger partial charge is 0.247 e. The maximum atomic E-state index is 15.2. The highest BCUT2D eigenvalue weighted by Gasteiger charge is 2.23. The Morgan fingerprint density at radius 3 is 2.70 bits per heavy atom. The maximum absolute atomic E-state index is 15.2. The number of aromatic nitrogens is 3. The fourth-order valence-electron chi connectivity index (χ4n) is 4.63. The molecule has 0 spiro atoms. The molecule has 5 rings (SSSR count). The number of fused-ring (bicyclic) bond motifs is 1. The van der Waals surface area contributed by atoms with Crippen LogP contribution in [-0.2, 0) is 9.53 Å². The van der Waals surface area contributed by atoms with Crippen LogP contribution in [0, 0.1) is 11.6 Å². The van der Waals surface area contributed by atoms with Gasteiger partial charge in [0.25, 0.3) is 0 Å². The number of pyridine rings is 1. The monoisotopic (exact) mass is 545 g/mol. The van der Waals surface area contributed by atoms with E-state index in [0.717, 1.165) is 30.6 Å². The van der Waals surface area contributed by atoms with E-state index in [0.29, 0.717) is 36.5 Å². The number of hydrogen-bond donors (Lipinski definition) is 2.